The van der Waals surface area contributed by atoms with Gasteiger partial charge in [0.1, 0.15) is 0 Å². The number of nitrogens with one attached hydrogen (secondary N) is 3. The second-order valence-electron chi connectivity index (χ2n) is 8.65. The van der Waals surface area contributed by atoms with E-state index in [2.05, 4.69) is 91.8 Å². The zero-order valence-electron chi connectivity index (χ0n) is 17.1. The van der Waals surface area contributed by atoms with Crippen molar-refractivity contribution >= 4 is 33.9 Å². The van der Waals surface area contributed by atoms with Crippen LogP contribution in [0.15, 0.2) is 48.5 Å². The highest BCUT2D eigenvalue weighted by molar-refractivity contribution is 7.80. The number of aryl methyl sites for hydroxylation is 2. The molecule has 0 radical (unpaired) electrons. The molecule has 1 fully saturated rings. The summed E-state index contributed by atoms with van der Waals surface area (Å²) in [6.45, 7) is 9.98. The molecule has 0 amide bonds. The molecule has 1 aliphatic rings. The number of aromatic nitrogens is 1. The van der Waals surface area contributed by atoms with Gasteiger partial charge in [-0.2, -0.15) is 0 Å². The molecule has 0 bridgehead atoms. The van der Waals surface area contributed by atoms with Crippen LogP contribution >= 0.6 is 12.2 Å². The van der Waals surface area contributed by atoms with Crippen molar-refractivity contribution in [1.29, 1.82) is 0 Å². The summed E-state index contributed by atoms with van der Waals surface area (Å²) >= 11 is 5.46. The Morgan fingerprint density at radius 3 is 2.54 bits per heavy atom. The molecular weight excluding hydrogens is 362 g/mol. The Morgan fingerprint density at radius 2 is 1.79 bits per heavy atom. The van der Waals surface area contributed by atoms with Gasteiger partial charge < -0.3 is 15.6 Å². The van der Waals surface area contributed by atoms with Crippen molar-refractivity contribution in [1.82, 2.24) is 10.3 Å². The minimum Gasteiger partial charge on any atom is -0.362 e. The number of anilines is 1. The van der Waals surface area contributed by atoms with Gasteiger partial charge in [0, 0.05) is 28.8 Å². The summed E-state index contributed by atoms with van der Waals surface area (Å²) in [5, 5.41) is 8.73. The Kier molecular flexibility index (Phi) is 4.92. The molecule has 4 rings (SSSR count). The average molecular weight is 392 g/mol. The van der Waals surface area contributed by atoms with E-state index in [0.29, 0.717) is 22.4 Å². The topological polar surface area (TPSA) is 39.8 Å². The van der Waals surface area contributed by atoms with Gasteiger partial charge in [-0.15, -0.1) is 0 Å². The summed E-state index contributed by atoms with van der Waals surface area (Å²) in [4.78, 5) is 3.57. The molecule has 146 valence electrons. The van der Waals surface area contributed by atoms with Crippen LogP contribution in [0.4, 0.5) is 5.69 Å². The maximum atomic E-state index is 5.46. The van der Waals surface area contributed by atoms with Gasteiger partial charge in [0.15, 0.2) is 5.11 Å². The van der Waals surface area contributed by atoms with Crippen LogP contribution in [0.1, 0.15) is 43.0 Å². The molecule has 0 aliphatic heterocycles. The van der Waals surface area contributed by atoms with Crippen LogP contribution < -0.4 is 10.6 Å². The summed E-state index contributed by atoms with van der Waals surface area (Å²) in [6, 6.07) is 17.0. The Morgan fingerprint density at radius 1 is 1.07 bits per heavy atom. The lowest BCUT2D eigenvalue weighted by molar-refractivity contribution is 0.528. The van der Waals surface area contributed by atoms with Gasteiger partial charge >= 0.3 is 0 Å². The normalized spacial score (nSPS) is 20.1. The molecule has 1 aliphatic carbocycles. The number of hydrogen-bond acceptors (Lipinski definition) is 1. The standard InChI is InChI=1S/C24H29N3S/c1-15-9-11-17(12-10-15)27-23(28)25-14-13-19-22(24(19,3)4)21-16(2)26-20-8-6-5-7-18(20)21/h5-12,19,22,26H,13-14H2,1-4H3,(H2,25,27,28)/t19-,22+/m1/s1. The zero-order valence-corrected chi connectivity index (χ0v) is 17.9. The number of benzene rings is 2. The van der Waals surface area contributed by atoms with E-state index in [0.717, 1.165) is 18.7 Å². The Labute approximate surface area is 172 Å². The number of aromatic amines is 1. The highest BCUT2D eigenvalue weighted by Crippen LogP contribution is 2.67. The molecule has 1 aromatic heterocycles. The molecule has 3 nitrogen and oxygen atoms in total. The van der Waals surface area contributed by atoms with E-state index < -0.39 is 0 Å². The van der Waals surface area contributed by atoms with Gasteiger partial charge in [0.2, 0.25) is 0 Å². The molecule has 4 heteroatoms. The van der Waals surface area contributed by atoms with E-state index in [9.17, 15) is 0 Å². The van der Waals surface area contributed by atoms with Crippen molar-refractivity contribution in [3.63, 3.8) is 0 Å². The number of thiocarbonyl (C=S) groups is 1. The number of H-pyrrole nitrogens is 1. The number of para-hydroxylation sites is 1. The van der Waals surface area contributed by atoms with Gasteiger partial charge in [-0.1, -0.05) is 49.7 Å². The fraction of sp³-hybridized carbons (Fsp3) is 0.375. The van der Waals surface area contributed by atoms with Crippen LogP contribution in [0.25, 0.3) is 10.9 Å². The van der Waals surface area contributed by atoms with Crippen LogP contribution in [0.5, 0.6) is 0 Å². The third-order valence-corrected chi connectivity index (χ3v) is 6.60. The molecule has 1 heterocycles. The maximum Gasteiger partial charge on any atom is 0.170 e. The summed E-state index contributed by atoms with van der Waals surface area (Å²) in [7, 11) is 0. The molecule has 0 saturated heterocycles. The van der Waals surface area contributed by atoms with Crippen molar-refractivity contribution in [3.05, 3.63) is 65.4 Å². The third kappa shape index (κ3) is 3.53. The first-order chi connectivity index (χ1) is 13.4. The first-order valence-corrected chi connectivity index (χ1v) is 10.5. The first-order valence-electron chi connectivity index (χ1n) is 10.1. The van der Waals surface area contributed by atoms with Gasteiger partial charge in [-0.05, 0) is 73.5 Å². The Bertz CT molecular complexity index is 1000. The van der Waals surface area contributed by atoms with E-state index in [1.807, 2.05) is 0 Å². The van der Waals surface area contributed by atoms with Crippen molar-refractivity contribution in [2.75, 3.05) is 11.9 Å². The van der Waals surface area contributed by atoms with Gasteiger partial charge in [-0.25, -0.2) is 0 Å². The van der Waals surface area contributed by atoms with E-state index in [4.69, 9.17) is 12.2 Å². The maximum absolute atomic E-state index is 5.46. The minimum atomic E-state index is 0.323. The second kappa shape index (κ2) is 7.25. The van der Waals surface area contributed by atoms with Crippen molar-refractivity contribution in [2.24, 2.45) is 11.3 Å². The molecule has 28 heavy (non-hydrogen) atoms. The number of hydrogen-bond donors (Lipinski definition) is 3. The van der Waals surface area contributed by atoms with Gasteiger partial charge in [0.25, 0.3) is 0 Å². The highest BCUT2D eigenvalue weighted by Gasteiger charge is 2.58. The fourth-order valence-electron chi connectivity index (χ4n) is 4.71. The van der Waals surface area contributed by atoms with Crippen molar-refractivity contribution in [3.8, 4) is 0 Å². The van der Waals surface area contributed by atoms with E-state index in [1.54, 1.807) is 0 Å². The van der Waals surface area contributed by atoms with E-state index in [-0.39, 0.29) is 0 Å². The average Bonchev–Trinajstić information content (AvgIpc) is 3.02. The molecule has 1 saturated carbocycles. The Hall–Kier alpha value is -2.33. The van der Waals surface area contributed by atoms with Crippen LogP contribution in [0, 0.1) is 25.2 Å². The van der Waals surface area contributed by atoms with Gasteiger partial charge in [-0.3, -0.25) is 0 Å². The number of rotatable bonds is 5. The predicted octanol–water partition coefficient (Wildman–Crippen LogP) is 5.90. The highest BCUT2D eigenvalue weighted by atomic mass is 32.1. The molecule has 3 N–H and O–H groups in total. The van der Waals surface area contributed by atoms with Crippen LogP contribution in [0.2, 0.25) is 0 Å². The summed E-state index contributed by atoms with van der Waals surface area (Å²) in [6.07, 6.45) is 1.12. The Balaban J connectivity index is 1.37. The fourth-order valence-corrected chi connectivity index (χ4v) is 4.93. The third-order valence-electron chi connectivity index (χ3n) is 6.36. The SMILES string of the molecule is Cc1ccc(NC(=S)NCC[C@@H]2[C@@H](c3c(C)[nH]c4ccccc34)C2(C)C)cc1. The quantitative estimate of drug-likeness (QED) is 0.474. The van der Waals surface area contributed by atoms with Crippen LogP contribution in [0.3, 0.4) is 0 Å². The lowest BCUT2D eigenvalue weighted by Crippen LogP contribution is -2.29. The predicted molar refractivity (Wildman–Crippen MR) is 123 cm³/mol. The van der Waals surface area contributed by atoms with E-state index in [1.165, 1.54) is 27.7 Å². The smallest absolute Gasteiger partial charge is 0.170 e. The monoisotopic (exact) mass is 391 g/mol. The molecule has 2 atom stereocenters. The molecule has 0 unspecified atom stereocenters. The second-order valence-corrected chi connectivity index (χ2v) is 9.06. The number of fused-ring (bicyclic) bond motifs is 1. The summed E-state index contributed by atoms with van der Waals surface area (Å²) in [5.41, 5.74) is 6.67. The van der Waals surface area contributed by atoms with Gasteiger partial charge in [0.05, 0.1) is 0 Å². The summed E-state index contributed by atoms with van der Waals surface area (Å²) in [5.74, 6) is 1.27. The molecule has 0 spiro atoms. The molecule has 2 aromatic carbocycles. The van der Waals surface area contributed by atoms with Crippen LogP contribution in [-0.4, -0.2) is 16.6 Å². The minimum absolute atomic E-state index is 0.323. The lowest BCUT2D eigenvalue weighted by atomic mass is 10.0. The van der Waals surface area contributed by atoms with Crippen molar-refractivity contribution < 1.29 is 0 Å². The van der Waals surface area contributed by atoms with Crippen LogP contribution in [-0.2, 0) is 0 Å². The largest absolute Gasteiger partial charge is 0.362 e. The molecule has 3 aromatic rings. The molecular formula is C24H29N3S. The van der Waals surface area contributed by atoms with Crippen molar-refractivity contribution in [2.45, 2.75) is 40.0 Å². The summed E-state index contributed by atoms with van der Waals surface area (Å²) < 4.78 is 0. The lowest BCUT2D eigenvalue weighted by Gasteiger charge is -2.11. The first kappa shape index (κ1) is 19.0. The zero-order chi connectivity index (χ0) is 19.9. The van der Waals surface area contributed by atoms with E-state index >= 15 is 0 Å².